The number of hydrogen-bond acceptors (Lipinski definition) is 4. The number of imidazole rings is 1. The maximum absolute atomic E-state index is 4.46. The number of rotatable bonds is 5. The first-order valence-corrected chi connectivity index (χ1v) is 6.99. The number of hydrogen-bond donors (Lipinski definition) is 1. The predicted molar refractivity (Wildman–Crippen MR) is 81.3 cm³/mol. The molecular weight excluding hydrogens is 264 g/mol. The van der Waals surface area contributed by atoms with Gasteiger partial charge in [-0.05, 0) is 32.0 Å². The van der Waals surface area contributed by atoms with Gasteiger partial charge >= 0.3 is 0 Å². The van der Waals surface area contributed by atoms with Crippen LogP contribution in [0.15, 0.2) is 43.0 Å². The van der Waals surface area contributed by atoms with Crippen LogP contribution in [0.2, 0.25) is 0 Å². The minimum Gasteiger partial charge on any atom is -0.378 e. The third-order valence-electron chi connectivity index (χ3n) is 3.40. The van der Waals surface area contributed by atoms with Crippen molar-refractivity contribution in [1.29, 1.82) is 0 Å². The van der Waals surface area contributed by atoms with E-state index in [0.717, 1.165) is 36.1 Å². The molecule has 0 bridgehead atoms. The van der Waals surface area contributed by atoms with Crippen molar-refractivity contribution in [3.63, 3.8) is 0 Å². The summed E-state index contributed by atoms with van der Waals surface area (Å²) in [6, 6.07) is 6.02. The van der Waals surface area contributed by atoms with Crippen molar-refractivity contribution in [2.45, 2.75) is 26.9 Å². The van der Waals surface area contributed by atoms with Crippen molar-refractivity contribution in [3.05, 3.63) is 54.5 Å². The summed E-state index contributed by atoms with van der Waals surface area (Å²) in [6.07, 6.45) is 7.34. The average Bonchev–Trinajstić information content (AvgIpc) is 3.14. The van der Waals surface area contributed by atoms with Crippen LogP contribution in [0.5, 0.6) is 0 Å². The lowest BCUT2D eigenvalue weighted by atomic mass is 10.3. The van der Waals surface area contributed by atoms with Gasteiger partial charge in [-0.25, -0.2) is 9.97 Å². The van der Waals surface area contributed by atoms with Gasteiger partial charge in [0.2, 0.25) is 0 Å². The van der Waals surface area contributed by atoms with Gasteiger partial charge in [0.05, 0.1) is 24.1 Å². The lowest BCUT2D eigenvalue weighted by Crippen LogP contribution is -2.08. The van der Waals surface area contributed by atoms with E-state index in [2.05, 4.69) is 27.3 Å². The Labute approximate surface area is 123 Å². The van der Waals surface area contributed by atoms with Gasteiger partial charge in [0.15, 0.2) is 0 Å². The van der Waals surface area contributed by atoms with E-state index in [1.54, 1.807) is 6.20 Å². The molecule has 0 aliphatic heterocycles. The van der Waals surface area contributed by atoms with Crippen molar-refractivity contribution < 1.29 is 0 Å². The molecule has 0 aromatic carbocycles. The molecule has 1 N–H and O–H groups in total. The molecule has 0 spiro atoms. The summed E-state index contributed by atoms with van der Waals surface area (Å²) in [4.78, 5) is 8.66. The molecule has 21 heavy (non-hydrogen) atoms. The second-order valence-corrected chi connectivity index (χ2v) is 4.74. The molecule has 0 aliphatic carbocycles. The van der Waals surface area contributed by atoms with Crippen LogP contribution in [-0.4, -0.2) is 24.3 Å². The van der Waals surface area contributed by atoms with Crippen LogP contribution in [0.3, 0.4) is 0 Å². The fourth-order valence-electron chi connectivity index (χ4n) is 2.24. The summed E-state index contributed by atoms with van der Waals surface area (Å²) in [5.74, 6) is 1.80. The molecule has 3 aromatic rings. The van der Waals surface area contributed by atoms with Crippen LogP contribution in [0.4, 0.5) is 5.69 Å². The van der Waals surface area contributed by atoms with E-state index in [0.29, 0.717) is 0 Å². The second kappa shape index (κ2) is 5.78. The number of pyridine rings is 1. The summed E-state index contributed by atoms with van der Waals surface area (Å²) in [5, 5.41) is 7.62. The van der Waals surface area contributed by atoms with E-state index in [9.17, 15) is 0 Å². The zero-order valence-electron chi connectivity index (χ0n) is 12.2. The first-order valence-electron chi connectivity index (χ1n) is 6.99. The molecule has 0 saturated carbocycles. The normalized spacial score (nSPS) is 10.8. The number of nitrogens with one attached hydrogen (secondary N) is 1. The Morgan fingerprint density at radius 1 is 1.14 bits per heavy atom. The number of nitrogens with zero attached hydrogens (tertiary/aromatic N) is 5. The molecule has 0 amide bonds. The zero-order chi connectivity index (χ0) is 14.7. The van der Waals surface area contributed by atoms with Gasteiger partial charge in [0.25, 0.3) is 0 Å². The van der Waals surface area contributed by atoms with Crippen LogP contribution in [-0.2, 0) is 13.1 Å². The summed E-state index contributed by atoms with van der Waals surface area (Å²) >= 11 is 0. The van der Waals surface area contributed by atoms with Crippen molar-refractivity contribution >= 4 is 5.69 Å². The lowest BCUT2D eigenvalue weighted by Gasteiger charge is -2.09. The highest BCUT2D eigenvalue weighted by Crippen LogP contribution is 2.12. The van der Waals surface area contributed by atoms with E-state index in [1.807, 2.05) is 53.0 Å². The van der Waals surface area contributed by atoms with E-state index in [1.165, 1.54) is 0 Å². The van der Waals surface area contributed by atoms with Gasteiger partial charge in [-0.3, -0.25) is 9.25 Å². The standard InChI is InChI=1S/C15H18N6/c1-3-21-14(6-7-19-21)11-17-13-4-5-15(18-10-13)20-9-8-16-12(20)2/h4-10,17H,3,11H2,1-2H3. The van der Waals surface area contributed by atoms with Crippen LogP contribution < -0.4 is 5.32 Å². The molecule has 0 aliphatic rings. The van der Waals surface area contributed by atoms with Crippen LogP contribution in [0.1, 0.15) is 18.4 Å². The van der Waals surface area contributed by atoms with Crippen molar-refractivity contribution in [3.8, 4) is 5.82 Å². The molecule has 0 saturated heterocycles. The SMILES string of the molecule is CCn1nccc1CNc1ccc(-n2ccnc2C)nc1. The Bertz CT molecular complexity index is 710. The molecule has 108 valence electrons. The molecule has 3 heterocycles. The maximum atomic E-state index is 4.46. The molecule has 0 unspecified atom stereocenters. The monoisotopic (exact) mass is 282 g/mol. The fourth-order valence-corrected chi connectivity index (χ4v) is 2.24. The van der Waals surface area contributed by atoms with E-state index in [-0.39, 0.29) is 0 Å². The van der Waals surface area contributed by atoms with E-state index < -0.39 is 0 Å². The van der Waals surface area contributed by atoms with Gasteiger partial charge in [-0.1, -0.05) is 0 Å². The molecule has 0 fully saturated rings. The highest BCUT2D eigenvalue weighted by molar-refractivity contribution is 5.44. The lowest BCUT2D eigenvalue weighted by molar-refractivity contribution is 0.627. The van der Waals surface area contributed by atoms with Crippen molar-refractivity contribution in [1.82, 2.24) is 24.3 Å². The Morgan fingerprint density at radius 2 is 2.05 bits per heavy atom. The summed E-state index contributed by atoms with van der Waals surface area (Å²) in [7, 11) is 0. The minimum absolute atomic E-state index is 0.735. The smallest absolute Gasteiger partial charge is 0.138 e. The van der Waals surface area contributed by atoms with Gasteiger partial charge in [0.1, 0.15) is 11.6 Å². The Kier molecular flexibility index (Phi) is 3.68. The molecule has 6 heteroatoms. The molecule has 6 nitrogen and oxygen atoms in total. The summed E-state index contributed by atoms with van der Waals surface area (Å²) in [6.45, 7) is 5.65. The van der Waals surface area contributed by atoms with Crippen molar-refractivity contribution in [2.24, 2.45) is 0 Å². The largest absolute Gasteiger partial charge is 0.378 e. The zero-order valence-corrected chi connectivity index (χ0v) is 12.2. The topological polar surface area (TPSA) is 60.6 Å². The molecule has 3 aromatic heterocycles. The highest BCUT2D eigenvalue weighted by Gasteiger charge is 2.03. The third-order valence-corrected chi connectivity index (χ3v) is 3.40. The fraction of sp³-hybridized carbons (Fsp3) is 0.267. The predicted octanol–water partition coefficient (Wildman–Crippen LogP) is 2.40. The minimum atomic E-state index is 0.735. The van der Waals surface area contributed by atoms with Crippen LogP contribution in [0, 0.1) is 6.92 Å². The Balaban J connectivity index is 1.69. The average molecular weight is 282 g/mol. The first-order chi connectivity index (χ1) is 10.3. The summed E-state index contributed by atoms with van der Waals surface area (Å²) in [5.41, 5.74) is 2.15. The number of aromatic nitrogens is 5. The van der Waals surface area contributed by atoms with E-state index in [4.69, 9.17) is 0 Å². The molecule has 0 atom stereocenters. The first kappa shape index (κ1) is 13.4. The van der Waals surface area contributed by atoms with Crippen LogP contribution in [0.25, 0.3) is 5.82 Å². The van der Waals surface area contributed by atoms with Gasteiger partial charge < -0.3 is 5.32 Å². The maximum Gasteiger partial charge on any atom is 0.138 e. The van der Waals surface area contributed by atoms with Gasteiger partial charge in [-0.2, -0.15) is 5.10 Å². The quantitative estimate of drug-likeness (QED) is 0.780. The highest BCUT2D eigenvalue weighted by atomic mass is 15.3. The van der Waals surface area contributed by atoms with Crippen LogP contribution >= 0.6 is 0 Å². The van der Waals surface area contributed by atoms with E-state index >= 15 is 0 Å². The second-order valence-electron chi connectivity index (χ2n) is 4.74. The Hall–Kier alpha value is -2.63. The van der Waals surface area contributed by atoms with Crippen molar-refractivity contribution in [2.75, 3.05) is 5.32 Å². The number of aryl methyl sites for hydroxylation is 2. The molecule has 0 radical (unpaired) electrons. The van der Waals surface area contributed by atoms with Gasteiger partial charge in [0, 0.05) is 25.1 Å². The summed E-state index contributed by atoms with van der Waals surface area (Å²) < 4.78 is 3.93. The number of anilines is 1. The third kappa shape index (κ3) is 2.79. The Morgan fingerprint density at radius 3 is 2.71 bits per heavy atom. The molecule has 3 rings (SSSR count). The van der Waals surface area contributed by atoms with Gasteiger partial charge in [-0.15, -0.1) is 0 Å². The molecular formula is C15H18N6.